The lowest BCUT2D eigenvalue weighted by atomic mass is 10.0. The zero-order valence-electron chi connectivity index (χ0n) is 9.37. The van der Waals surface area contributed by atoms with E-state index in [1.165, 1.54) is 6.21 Å². The Bertz CT molecular complexity index is 590. The molecule has 1 aromatic heterocycles. The summed E-state index contributed by atoms with van der Waals surface area (Å²) in [6.07, 6.45) is 4.85. The Morgan fingerprint density at radius 3 is 2.88 bits per heavy atom. The van der Waals surface area contributed by atoms with E-state index < -0.39 is 0 Å². The molecule has 2 N–H and O–H groups in total. The van der Waals surface area contributed by atoms with Gasteiger partial charge in [0.2, 0.25) is 0 Å². The summed E-state index contributed by atoms with van der Waals surface area (Å²) in [5.74, 6) is 0. The number of halogens is 1. The second-order valence-corrected chi connectivity index (χ2v) is 3.99. The Hall–Kier alpha value is -1.87. The summed E-state index contributed by atoms with van der Waals surface area (Å²) in [6, 6.07) is 7.76. The van der Waals surface area contributed by atoms with Crippen LogP contribution in [0.25, 0.3) is 16.3 Å². The third-order valence-electron chi connectivity index (χ3n) is 2.48. The van der Waals surface area contributed by atoms with E-state index in [0.29, 0.717) is 5.15 Å². The smallest absolute Gasteiger partial charge is 0.129 e. The lowest BCUT2D eigenvalue weighted by Crippen LogP contribution is -1.97. The molecule has 3 nitrogen and oxygen atoms in total. The molecule has 0 aliphatic rings. The third-order valence-corrected chi connectivity index (χ3v) is 2.68. The molecular weight excluding hydrogens is 234 g/mol. The maximum Gasteiger partial charge on any atom is 0.129 e. The van der Waals surface area contributed by atoms with Crippen molar-refractivity contribution >= 4 is 34.2 Å². The number of hydrogen-bond acceptors (Lipinski definition) is 3. The first-order valence-corrected chi connectivity index (χ1v) is 5.56. The summed E-state index contributed by atoms with van der Waals surface area (Å²) in [6.45, 7) is 0. The van der Waals surface area contributed by atoms with E-state index in [-0.39, 0.29) is 0 Å². The molecule has 2 aromatic rings. The standard InChI is InChI=1S/C13H12ClN3/c1-16-7-12(6-15)9-2-3-10-8-17-13(14)5-11(10)4-9/h2-8,15-16H,1H3/b12-7+,15-6?. The van der Waals surface area contributed by atoms with Crippen molar-refractivity contribution < 1.29 is 0 Å². The number of aromatic nitrogens is 1. The summed E-state index contributed by atoms with van der Waals surface area (Å²) in [5.41, 5.74) is 1.80. The van der Waals surface area contributed by atoms with Crippen LogP contribution in [0, 0.1) is 5.41 Å². The topological polar surface area (TPSA) is 48.8 Å². The number of rotatable bonds is 3. The minimum atomic E-state index is 0.476. The fourth-order valence-electron chi connectivity index (χ4n) is 1.66. The number of hydrogen-bond donors (Lipinski definition) is 2. The molecule has 17 heavy (non-hydrogen) atoms. The number of nitrogens with zero attached hydrogens (tertiary/aromatic N) is 1. The molecule has 86 valence electrons. The summed E-state index contributed by atoms with van der Waals surface area (Å²) >= 11 is 5.86. The Balaban J connectivity index is 2.57. The predicted molar refractivity (Wildman–Crippen MR) is 72.6 cm³/mol. The van der Waals surface area contributed by atoms with E-state index in [2.05, 4.69) is 10.3 Å². The van der Waals surface area contributed by atoms with E-state index in [1.54, 1.807) is 12.4 Å². The van der Waals surface area contributed by atoms with Crippen LogP contribution in [0.15, 0.2) is 36.7 Å². The predicted octanol–water partition coefficient (Wildman–Crippen LogP) is 3.10. The first-order valence-electron chi connectivity index (χ1n) is 5.18. The highest BCUT2D eigenvalue weighted by atomic mass is 35.5. The third kappa shape index (κ3) is 2.45. The quantitative estimate of drug-likeness (QED) is 0.645. The zero-order valence-corrected chi connectivity index (χ0v) is 10.1. The van der Waals surface area contributed by atoms with Gasteiger partial charge >= 0.3 is 0 Å². The van der Waals surface area contributed by atoms with Gasteiger partial charge in [0.1, 0.15) is 5.15 Å². The first kappa shape index (κ1) is 11.6. The zero-order chi connectivity index (χ0) is 12.3. The van der Waals surface area contributed by atoms with E-state index in [4.69, 9.17) is 17.0 Å². The van der Waals surface area contributed by atoms with Gasteiger partial charge in [-0.2, -0.15) is 0 Å². The maximum atomic E-state index is 7.38. The van der Waals surface area contributed by atoms with Crippen LogP contribution in [-0.2, 0) is 0 Å². The van der Waals surface area contributed by atoms with Crippen molar-refractivity contribution in [3.8, 4) is 0 Å². The largest absolute Gasteiger partial charge is 0.393 e. The van der Waals surface area contributed by atoms with Gasteiger partial charge in [0.05, 0.1) is 0 Å². The Morgan fingerprint density at radius 2 is 2.18 bits per heavy atom. The van der Waals surface area contributed by atoms with Crippen LogP contribution in [0.1, 0.15) is 5.56 Å². The molecule has 4 heteroatoms. The second kappa shape index (κ2) is 4.97. The monoisotopic (exact) mass is 245 g/mol. The maximum absolute atomic E-state index is 7.38. The fraction of sp³-hybridized carbons (Fsp3) is 0.0769. The summed E-state index contributed by atoms with van der Waals surface area (Å²) in [4.78, 5) is 4.03. The number of nitrogens with one attached hydrogen (secondary N) is 2. The van der Waals surface area contributed by atoms with Gasteiger partial charge < -0.3 is 10.7 Å². The van der Waals surface area contributed by atoms with Gasteiger partial charge in [-0.3, -0.25) is 0 Å². The molecule has 0 aliphatic heterocycles. The second-order valence-electron chi connectivity index (χ2n) is 3.60. The van der Waals surface area contributed by atoms with E-state index in [9.17, 15) is 0 Å². The molecule has 0 amide bonds. The minimum Gasteiger partial charge on any atom is -0.393 e. The summed E-state index contributed by atoms with van der Waals surface area (Å²) in [5, 5.41) is 12.8. The summed E-state index contributed by atoms with van der Waals surface area (Å²) in [7, 11) is 1.81. The molecule has 0 spiro atoms. The van der Waals surface area contributed by atoms with Crippen LogP contribution in [0.4, 0.5) is 0 Å². The normalized spacial score (nSPS) is 11.5. The number of pyridine rings is 1. The van der Waals surface area contributed by atoms with Gasteiger partial charge in [-0.15, -0.1) is 0 Å². The molecule has 0 saturated carbocycles. The van der Waals surface area contributed by atoms with Gasteiger partial charge in [0.25, 0.3) is 0 Å². The number of fused-ring (bicyclic) bond motifs is 1. The van der Waals surface area contributed by atoms with Crippen LogP contribution in [0.5, 0.6) is 0 Å². The molecule has 0 unspecified atom stereocenters. The molecule has 0 aliphatic carbocycles. The van der Waals surface area contributed by atoms with Crippen molar-refractivity contribution in [1.82, 2.24) is 10.3 Å². The average molecular weight is 246 g/mol. The first-order chi connectivity index (χ1) is 8.24. The van der Waals surface area contributed by atoms with Gasteiger partial charge in [-0.05, 0) is 23.1 Å². The van der Waals surface area contributed by atoms with E-state index in [0.717, 1.165) is 21.9 Å². The van der Waals surface area contributed by atoms with E-state index >= 15 is 0 Å². The van der Waals surface area contributed by atoms with Crippen molar-refractivity contribution in [3.05, 3.63) is 47.4 Å². The fourth-order valence-corrected chi connectivity index (χ4v) is 1.82. The van der Waals surface area contributed by atoms with Crippen LogP contribution >= 0.6 is 11.6 Å². The van der Waals surface area contributed by atoms with Crippen molar-refractivity contribution in [1.29, 1.82) is 5.41 Å². The number of benzene rings is 1. The highest BCUT2D eigenvalue weighted by molar-refractivity contribution is 6.30. The molecule has 2 rings (SSSR count). The minimum absolute atomic E-state index is 0.476. The van der Waals surface area contributed by atoms with Crippen molar-refractivity contribution in [3.63, 3.8) is 0 Å². The molecule has 0 fully saturated rings. The number of allylic oxidation sites excluding steroid dienone is 1. The highest BCUT2D eigenvalue weighted by Gasteiger charge is 2.01. The molecule has 1 aromatic carbocycles. The van der Waals surface area contributed by atoms with Crippen LogP contribution in [-0.4, -0.2) is 18.2 Å². The molecule has 0 atom stereocenters. The Labute approximate surface area is 105 Å². The van der Waals surface area contributed by atoms with Crippen molar-refractivity contribution in [2.24, 2.45) is 0 Å². The lowest BCUT2D eigenvalue weighted by molar-refractivity contribution is 1.11. The van der Waals surface area contributed by atoms with Gasteiger partial charge in [-0.25, -0.2) is 4.98 Å². The molecule has 0 radical (unpaired) electrons. The lowest BCUT2D eigenvalue weighted by Gasteiger charge is -2.04. The highest BCUT2D eigenvalue weighted by Crippen LogP contribution is 2.21. The van der Waals surface area contributed by atoms with Crippen LogP contribution in [0.2, 0.25) is 5.15 Å². The molecule has 0 bridgehead atoms. The summed E-state index contributed by atoms with van der Waals surface area (Å²) < 4.78 is 0. The van der Waals surface area contributed by atoms with Crippen LogP contribution in [0.3, 0.4) is 0 Å². The molecule has 0 saturated heterocycles. The average Bonchev–Trinajstić information content (AvgIpc) is 2.35. The van der Waals surface area contributed by atoms with Gasteiger partial charge in [0.15, 0.2) is 0 Å². The van der Waals surface area contributed by atoms with Crippen molar-refractivity contribution in [2.75, 3.05) is 7.05 Å². The Kier molecular flexibility index (Phi) is 3.40. The SMILES string of the molecule is CN/C=C(\C=N)c1ccc2cnc(Cl)cc2c1. The van der Waals surface area contributed by atoms with Gasteiger partial charge in [0, 0.05) is 36.6 Å². The van der Waals surface area contributed by atoms with Crippen LogP contribution < -0.4 is 5.32 Å². The van der Waals surface area contributed by atoms with Crippen molar-refractivity contribution in [2.45, 2.75) is 0 Å². The molecule has 1 heterocycles. The van der Waals surface area contributed by atoms with E-state index in [1.807, 2.05) is 31.3 Å². The Morgan fingerprint density at radius 1 is 1.35 bits per heavy atom. The van der Waals surface area contributed by atoms with Gasteiger partial charge in [-0.1, -0.05) is 23.7 Å². The molecular formula is C13H12ClN3.